The van der Waals surface area contributed by atoms with Crippen molar-refractivity contribution >= 4 is 11.0 Å². The van der Waals surface area contributed by atoms with Crippen LogP contribution >= 0.6 is 0 Å². The third-order valence-corrected chi connectivity index (χ3v) is 5.21. The lowest BCUT2D eigenvalue weighted by Gasteiger charge is -2.43. The molecule has 0 radical (unpaired) electrons. The molecule has 0 unspecified atom stereocenters. The quantitative estimate of drug-likeness (QED) is 0.860. The molecule has 1 aromatic carbocycles. The summed E-state index contributed by atoms with van der Waals surface area (Å²) in [5.41, 5.74) is 1.01. The summed E-state index contributed by atoms with van der Waals surface area (Å²) in [6.45, 7) is 7.01. The largest absolute Gasteiger partial charge is 0.460 e. The first-order valence-corrected chi connectivity index (χ1v) is 8.29. The summed E-state index contributed by atoms with van der Waals surface area (Å²) in [5.74, 6) is 1.11. The number of hydrogen-bond acceptors (Lipinski definition) is 3. The van der Waals surface area contributed by atoms with Gasteiger partial charge in [-0.1, -0.05) is 25.1 Å². The minimum absolute atomic E-state index is 0.674. The highest BCUT2D eigenvalue weighted by Crippen LogP contribution is 2.28. The maximum Gasteiger partial charge on any atom is 0.134 e. The van der Waals surface area contributed by atoms with Gasteiger partial charge < -0.3 is 4.42 Å². The van der Waals surface area contributed by atoms with Gasteiger partial charge in [0.25, 0.3) is 0 Å². The van der Waals surface area contributed by atoms with Crippen LogP contribution in [0, 0.1) is 0 Å². The molecule has 4 rings (SSSR count). The second kappa shape index (κ2) is 5.47. The molecule has 2 saturated heterocycles. The van der Waals surface area contributed by atoms with E-state index in [0.29, 0.717) is 6.04 Å². The van der Waals surface area contributed by atoms with Crippen molar-refractivity contribution in [2.24, 2.45) is 0 Å². The SMILES string of the molecule is CC[C@H]1CN2CCC[C@H]2CN1Cc1cc2ccccc2o1. The molecule has 3 heteroatoms. The van der Waals surface area contributed by atoms with Crippen LogP contribution < -0.4 is 0 Å². The monoisotopic (exact) mass is 284 g/mol. The minimum atomic E-state index is 0.674. The average molecular weight is 284 g/mol. The smallest absolute Gasteiger partial charge is 0.134 e. The predicted molar refractivity (Wildman–Crippen MR) is 85.3 cm³/mol. The van der Waals surface area contributed by atoms with Gasteiger partial charge in [0.2, 0.25) is 0 Å². The van der Waals surface area contributed by atoms with Gasteiger partial charge in [0.1, 0.15) is 11.3 Å². The Morgan fingerprint density at radius 2 is 2.14 bits per heavy atom. The van der Waals surface area contributed by atoms with E-state index in [1.165, 1.54) is 44.3 Å². The van der Waals surface area contributed by atoms with E-state index < -0.39 is 0 Å². The molecule has 21 heavy (non-hydrogen) atoms. The van der Waals surface area contributed by atoms with Gasteiger partial charge in [0.05, 0.1) is 6.54 Å². The van der Waals surface area contributed by atoms with E-state index in [4.69, 9.17) is 4.42 Å². The Kier molecular flexibility index (Phi) is 3.48. The lowest BCUT2D eigenvalue weighted by Crippen LogP contribution is -2.55. The molecule has 1 aromatic heterocycles. The molecule has 2 atom stereocenters. The number of nitrogens with zero attached hydrogens (tertiary/aromatic N) is 2. The van der Waals surface area contributed by atoms with E-state index in [1.54, 1.807) is 0 Å². The minimum Gasteiger partial charge on any atom is -0.460 e. The van der Waals surface area contributed by atoms with Gasteiger partial charge in [0, 0.05) is 30.6 Å². The number of fused-ring (bicyclic) bond motifs is 2. The molecule has 2 fully saturated rings. The molecule has 0 saturated carbocycles. The van der Waals surface area contributed by atoms with Crippen LogP contribution in [0.4, 0.5) is 0 Å². The zero-order chi connectivity index (χ0) is 14.2. The first-order chi connectivity index (χ1) is 10.3. The van der Waals surface area contributed by atoms with Crippen LogP contribution in [0.3, 0.4) is 0 Å². The van der Waals surface area contributed by atoms with Crippen molar-refractivity contribution in [1.29, 1.82) is 0 Å². The van der Waals surface area contributed by atoms with E-state index in [2.05, 4.69) is 41.0 Å². The summed E-state index contributed by atoms with van der Waals surface area (Å²) >= 11 is 0. The summed E-state index contributed by atoms with van der Waals surface area (Å²) in [6.07, 6.45) is 3.97. The third kappa shape index (κ3) is 2.49. The van der Waals surface area contributed by atoms with Crippen LogP contribution in [0.25, 0.3) is 11.0 Å². The average Bonchev–Trinajstić information content (AvgIpc) is 3.11. The van der Waals surface area contributed by atoms with E-state index >= 15 is 0 Å². The molecular weight excluding hydrogens is 260 g/mol. The van der Waals surface area contributed by atoms with Gasteiger partial charge >= 0.3 is 0 Å². The first kappa shape index (κ1) is 13.4. The fraction of sp³-hybridized carbons (Fsp3) is 0.556. The fourth-order valence-electron chi connectivity index (χ4n) is 4.04. The summed E-state index contributed by atoms with van der Waals surface area (Å²) in [5, 5.41) is 1.22. The normalized spacial score (nSPS) is 27.3. The van der Waals surface area contributed by atoms with Crippen LogP contribution in [0.2, 0.25) is 0 Å². The van der Waals surface area contributed by atoms with E-state index in [1.807, 2.05) is 6.07 Å². The molecule has 0 N–H and O–H groups in total. The van der Waals surface area contributed by atoms with Gasteiger partial charge in [-0.25, -0.2) is 0 Å². The summed E-state index contributed by atoms with van der Waals surface area (Å²) < 4.78 is 6.02. The van der Waals surface area contributed by atoms with Crippen molar-refractivity contribution in [3.05, 3.63) is 36.1 Å². The molecule has 112 valence electrons. The highest BCUT2D eigenvalue weighted by molar-refractivity contribution is 5.77. The summed E-state index contributed by atoms with van der Waals surface area (Å²) in [4.78, 5) is 5.34. The fourth-order valence-corrected chi connectivity index (χ4v) is 4.04. The van der Waals surface area contributed by atoms with Crippen molar-refractivity contribution in [2.45, 2.75) is 44.8 Å². The molecule has 2 aliphatic heterocycles. The van der Waals surface area contributed by atoms with Crippen molar-refractivity contribution in [3.8, 4) is 0 Å². The Morgan fingerprint density at radius 3 is 3.00 bits per heavy atom. The van der Waals surface area contributed by atoms with E-state index in [-0.39, 0.29) is 0 Å². The van der Waals surface area contributed by atoms with Gasteiger partial charge in [-0.2, -0.15) is 0 Å². The van der Waals surface area contributed by atoms with Crippen LogP contribution in [0.5, 0.6) is 0 Å². The second-order valence-electron chi connectivity index (χ2n) is 6.53. The molecule has 0 amide bonds. The van der Waals surface area contributed by atoms with Gasteiger partial charge in [-0.05, 0) is 37.9 Å². The maximum atomic E-state index is 6.02. The Bertz CT molecular complexity index is 587. The molecule has 3 heterocycles. The number of rotatable bonds is 3. The van der Waals surface area contributed by atoms with E-state index in [9.17, 15) is 0 Å². The van der Waals surface area contributed by atoms with Crippen molar-refractivity contribution < 1.29 is 4.42 Å². The maximum absolute atomic E-state index is 6.02. The molecule has 0 spiro atoms. The molecule has 2 aromatic rings. The molecular formula is C18H24N2O. The Morgan fingerprint density at radius 1 is 1.24 bits per heavy atom. The Hall–Kier alpha value is -1.32. The molecule has 0 bridgehead atoms. The van der Waals surface area contributed by atoms with Crippen molar-refractivity contribution in [1.82, 2.24) is 9.80 Å². The number of hydrogen-bond donors (Lipinski definition) is 0. The Labute approximate surface area is 126 Å². The standard InChI is InChI=1S/C18H24N2O/c1-2-15-11-19-9-5-7-16(19)12-20(15)13-17-10-14-6-3-4-8-18(14)21-17/h3-4,6,8,10,15-16H,2,5,7,9,11-13H2,1H3/t15-,16-/m0/s1. The predicted octanol–water partition coefficient (Wildman–Crippen LogP) is 3.49. The zero-order valence-electron chi connectivity index (χ0n) is 12.8. The third-order valence-electron chi connectivity index (χ3n) is 5.21. The zero-order valence-corrected chi connectivity index (χ0v) is 12.8. The van der Waals surface area contributed by atoms with Gasteiger partial charge in [0.15, 0.2) is 0 Å². The second-order valence-corrected chi connectivity index (χ2v) is 6.53. The lowest BCUT2D eigenvalue weighted by atomic mass is 10.0. The summed E-state index contributed by atoms with van der Waals surface area (Å²) in [6, 6.07) is 12.0. The van der Waals surface area contributed by atoms with Crippen LogP contribution in [-0.2, 0) is 6.54 Å². The van der Waals surface area contributed by atoms with Crippen molar-refractivity contribution in [2.75, 3.05) is 19.6 Å². The highest BCUT2D eigenvalue weighted by Gasteiger charge is 2.35. The van der Waals surface area contributed by atoms with Crippen molar-refractivity contribution in [3.63, 3.8) is 0 Å². The molecule has 3 nitrogen and oxygen atoms in total. The van der Waals surface area contributed by atoms with Crippen LogP contribution in [0.15, 0.2) is 34.7 Å². The topological polar surface area (TPSA) is 19.6 Å². The highest BCUT2D eigenvalue weighted by atomic mass is 16.3. The Balaban J connectivity index is 1.54. The molecule has 2 aliphatic rings. The number of benzene rings is 1. The van der Waals surface area contributed by atoms with E-state index in [0.717, 1.165) is 23.9 Å². The number of furan rings is 1. The lowest BCUT2D eigenvalue weighted by molar-refractivity contribution is 0.0396. The van der Waals surface area contributed by atoms with Gasteiger partial charge in [-0.3, -0.25) is 9.80 Å². The van der Waals surface area contributed by atoms with Gasteiger partial charge in [-0.15, -0.1) is 0 Å². The molecule has 0 aliphatic carbocycles. The van der Waals surface area contributed by atoms with Crippen LogP contribution in [-0.4, -0.2) is 41.5 Å². The number of piperazine rings is 1. The summed E-state index contributed by atoms with van der Waals surface area (Å²) in [7, 11) is 0. The van der Waals surface area contributed by atoms with Crippen LogP contribution in [0.1, 0.15) is 31.9 Å². The first-order valence-electron chi connectivity index (χ1n) is 8.29. The number of para-hydroxylation sites is 1.